The molecule has 8 aromatic rings. The van der Waals surface area contributed by atoms with Crippen LogP contribution >= 0.6 is 0 Å². The van der Waals surface area contributed by atoms with E-state index in [-0.39, 0.29) is 5.41 Å². The highest BCUT2D eigenvalue weighted by Crippen LogP contribution is 2.52. The van der Waals surface area contributed by atoms with Gasteiger partial charge in [0, 0.05) is 38.9 Å². The molecule has 1 aromatic heterocycles. The van der Waals surface area contributed by atoms with Crippen molar-refractivity contribution in [1.82, 2.24) is 4.57 Å². The first-order valence-corrected chi connectivity index (χ1v) is 18.2. The van der Waals surface area contributed by atoms with Crippen molar-refractivity contribution in [3.05, 3.63) is 199 Å². The lowest BCUT2D eigenvalue weighted by molar-refractivity contribution is 0.627. The fraction of sp³-hybridized carbons (Fsp3) is 0.0800. The van der Waals surface area contributed by atoms with Crippen LogP contribution in [0.15, 0.2) is 188 Å². The van der Waals surface area contributed by atoms with Gasteiger partial charge in [-0.15, -0.1) is 0 Å². The Hall–Kier alpha value is -6.38. The Morgan fingerprint density at radius 3 is 1.81 bits per heavy atom. The average Bonchev–Trinajstić information content (AvgIpc) is 3.88. The van der Waals surface area contributed by atoms with Crippen LogP contribution in [0.25, 0.3) is 55.3 Å². The minimum Gasteiger partial charge on any atom is -0.310 e. The highest BCUT2D eigenvalue weighted by atomic mass is 15.1. The van der Waals surface area contributed by atoms with E-state index in [4.69, 9.17) is 0 Å². The number of allylic oxidation sites excluding steroid dienone is 4. The van der Waals surface area contributed by atoms with Gasteiger partial charge in [-0.1, -0.05) is 129 Å². The normalized spacial score (nSPS) is 14.3. The maximum Gasteiger partial charge on any atom is 0.0541 e. The minimum atomic E-state index is -0.000845. The summed E-state index contributed by atoms with van der Waals surface area (Å²) in [7, 11) is 0. The third-order valence-corrected chi connectivity index (χ3v) is 11.3. The number of para-hydroxylation sites is 2. The fourth-order valence-corrected chi connectivity index (χ4v) is 8.63. The predicted molar refractivity (Wildman–Crippen MR) is 220 cm³/mol. The van der Waals surface area contributed by atoms with Crippen LogP contribution in [-0.4, -0.2) is 4.57 Å². The van der Waals surface area contributed by atoms with E-state index in [1.54, 1.807) is 0 Å². The van der Waals surface area contributed by atoms with E-state index in [1.165, 1.54) is 77.7 Å². The average molecular weight is 667 g/mol. The summed E-state index contributed by atoms with van der Waals surface area (Å²) in [6.07, 6.45) is 5.67. The zero-order valence-corrected chi connectivity index (χ0v) is 29.4. The first-order valence-electron chi connectivity index (χ1n) is 18.2. The van der Waals surface area contributed by atoms with Gasteiger partial charge < -0.3 is 9.47 Å². The van der Waals surface area contributed by atoms with Crippen molar-refractivity contribution in [3.8, 4) is 27.9 Å². The molecule has 2 nitrogen and oxygen atoms in total. The Morgan fingerprint density at radius 1 is 0.500 bits per heavy atom. The van der Waals surface area contributed by atoms with Gasteiger partial charge in [0.15, 0.2) is 0 Å². The second kappa shape index (κ2) is 11.9. The molecule has 0 radical (unpaired) electrons. The molecule has 2 aliphatic carbocycles. The number of rotatable bonds is 6. The van der Waals surface area contributed by atoms with Crippen LogP contribution in [0.2, 0.25) is 0 Å². The van der Waals surface area contributed by atoms with Crippen molar-refractivity contribution in [1.29, 1.82) is 0 Å². The van der Waals surface area contributed by atoms with Crippen LogP contribution in [-0.2, 0) is 5.41 Å². The Bertz CT molecular complexity index is 2690. The quantitative estimate of drug-likeness (QED) is 0.171. The van der Waals surface area contributed by atoms with Crippen LogP contribution in [0.5, 0.6) is 0 Å². The van der Waals surface area contributed by atoms with Crippen LogP contribution in [0.4, 0.5) is 17.1 Å². The van der Waals surface area contributed by atoms with Gasteiger partial charge in [0.05, 0.1) is 11.0 Å². The van der Waals surface area contributed by atoms with Crippen molar-refractivity contribution in [2.75, 3.05) is 4.90 Å². The summed E-state index contributed by atoms with van der Waals surface area (Å²) in [4.78, 5) is 2.41. The van der Waals surface area contributed by atoms with Crippen LogP contribution in [0, 0.1) is 0 Å². The molecular weight excluding hydrogens is 629 g/mol. The smallest absolute Gasteiger partial charge is 0.0541 e. The summed E-state index contributed by atoms with van der Waals surface area (Å²) in [6, 6.07) is 62.1. The third kappa shape index (κ3) is 4.79. The maximum absolute atomic E-state index is 2.43. The summed E-state index contributed by atoms with van der Waals surface area (Å²) < 4.78 is 2.37. The zero-order valence-electron chi connectivity index (χ0n) is 29.4. The lowest BCUT2D eigenvalue weighted by Crippen LogP contribution is -2.18. The minimum absolute atomic E-state index is 0.000845. The van der Waals surface area contributed by atoms with Gasteiger partial charge in [0.2, 0.25) is 0 Å². The molecule has 0 aliphatic heterocycles. The van der Waals surface area contributed by atoms with Gasteiger partial charge >= 0.3 is 0 Å². The number of hydrogen-bond donors (Lipinski definition) is 0. The van der Waals surface area contributed by atoms with Gasteiger partial charge in [-0.2, -0.15) is 0 Å². The number of hydrogen-bond acceptors (Lipinski definition) is 1. The topological polar surface area (TPSA) is 8.17 Å². The van der Waals surface area contributed by atoms with Gasteiger partial charge in [-0.05, 0) is 118 Å². The van der Waals surface area contributed by atoms with Crippen LogP contribution in [0.1, 0.15) is 31.4 Å². The van der Waals surface area contributed by atoms with Crippen LogP contribution in [0.3, 0.4) is 0 Å². The van der Waals surface area contributed by atoms with Crippen molar-refractivity contribution in [2.45, 2.75) is 25.7 Å². The van der Waals surface area contributed by atoms with E-state index in [2.05, 4.69) is 205 Å². The summed E-state index contributed by atoms with van der Waals surface area (Å²) in [5, 5.41) is 2.53. The molecule has 0 fully saturated rings. The number of aromatic nitrogens is 1. The van der Waals surface area contributed by atoms with E-state index in [0.717, 1.165) is 17.8 Å². The molecule has 0 unspecified atom stereocenters. The standard InChI is InChI=1S/C50H38N2/c1-50(2)46-18-11-17-42(46)43-30-29-41(33-47(43)50)51(39-25-20-35(21-26-39)34-12-5-3-6-13-34)40-27-22-36(23-28-40)37-24-31-49-45(32-37)44-16-9-10-19-48(44)52(49)38-14-7-4-8-15-38/h3-17,19-33H,18H2,1-2H3. The number of nitrogens with zero attached hydrogens (tertiary/aromatic N) is 2. The molecule has 0 atom stereocenters. The Labute approximate surface area is 305 Å². The maximum atomic E-state index is 2.43. The molecule has 0 amide bonds. The summed E-state index contributed by atoms with van der Waals surface area (Å²) in [6.45, 7) is 4.76. The summed E-state index contributed by atoms with van der Waals surface area (Å²) in [5.74, 6) is 0. The van der Waals surface area contributed by atoms with E-state index in [9.17, 15) is 0 Å². The molecular formula is C50H38N2. The largest absolute Gasteiger partial charge is 0.310 e. The zero-order chi connectivity index (χ0) is 34.8. The molecule has 2 heteroatoms. The molecule has 248 valence electrons. The molecule has 0 spiro atoms. The molecule has 1 heterocycles. The monoisotopic (exact) mass is 666 g/mol. The second-order valence-electron chi connectivity index (χ2n) is 14.6. The highest BCUT2D eigenvalue weighted by molar-refractivity contribution is 6.10. The lowest BCUT2D eigenvalue weighted by atomic mass is 9.80. The van der Waals surface area contributed by atoms with E-state index >= 15 is 0 Å². The number of fused-ring (bicyclic) bond motifs is 5. The Morgan fingerprint density at radius 2 is 1.08 bits per heavy atom. The van der Waals surface area contributed by atoms with Crippen LogP contribution < -0.4 is 4.90 Å². The van der Waals surface area contributed by atoms with Gasteiger partial charge in [0.1, 0.15) is 0 Å². The first kappa shape index (κ1) is 30.4. The lowest BCUT2D eigenvalue weighted by Gasteiger charge is -2.29. The van der Waals surface area contributed by atoms with E-state index < -0.39 is 0 Å². The molecule has 52 heavy (non-hydrogen) atoms. The first-order chi connectivity index (χ1) is 25.5. The Balaban J connectivity index is 1.06. The van der Waals surface area contributed by atoms with Crippen molar-refractivity contribution in [2.24, 2.45) is 0 Å². The van der Waals surface area contributed by atoms with Gasteiger partial charge in [-0.25, -0.2) is 0 Å². The van der Waals surface area contributed by atoms with Crippen molar-refractivity contribution in [3.63, 3.8) is 0 Å². The predicted octanol–water partition coefficient (Wildman–Crippen LogP) is 13.6. The third-order valence-electron chi connectivity index (χ3n) is 11.3. The van der Waals surface area contributed by atoms with Crippen molar-refractivity contribution < 1.29 is 0 Å². The highest BCUT2D eigenvalue weighted by Gasteiger charge is 2.38. The summed E-state index contributed by atoms with van der Waals surface area (Å²) in [5.41, 5.74) is 17.6. The molecule has 7 aromatic carbocycles. The van der Waals surface area contributed by atoms with Gasteiger partial charge in [-0.3, -0.25) is 0 Å². The van der Waals surface area contributed by atoms with E-state index in [0.29, 0.717) is 0 Å². The SMILES string of the molecule is CC1(C)C2=C(C=CC2)c2ccc(N(c3ccc(-c4ccccc4)cc3)c3ccc(-c4ccc5c(c4)c4ccccc4n5-c4ccccc4)cc3)cc21. The van der Waals surface area contributed by atoms with Crippen molar-refractivity contribution >= 4 is 44.4 Å². The molecule has 0 bridgehead atoms. The second-order valence-corrected chi connectivity index (χ2v) is 14.6. The summed E-state index contributed by atoms with van der Waals surface area (Å²) >= 11 is 0. The molecule has 10 rings (SSSR count). The molecule has 0 N–H and O–H groups in total. The molecule has 0 saturated carbocycles. The number of anilines is 3. The molecule has 2 aliphatic rings. The van der Waals surface area contributed by atoms with E-state index in [1.807, 2.05) is 0 Å². The fourth-order valence-electron chi connectivity index (χ4n) is 8.63. The molecule has 0 saturated heterocycles. The Kier molecular flexibility index (Phi) is 6.94. The number of benzene rings is 7. The van der Waals surface area contributed by atoms with Gasteiger partial charge in [0.25, 0.3) is 0 Å².